The first-order chi connectivity index (χ1) is 13.4. The summed E-state index contributed by atoms with van der Waals surface area (Å²) in [5.41, 5.74) is 1.20. The summed E-state index contributed by atoms with van der Waals surface area (Å²) in [7, 11) is 0. The molecule has 0 bridgehead atoms. The zero-order valence-electron chi connectivity index (χ0n) is 15.1. The van der Waals surface area contributed by atoms with Gasteiger partial charge in [0.1, 0.15) is 5.69 Å². The second kappa shape index (κ2) is 9.34. The van der Waals surface area contributed by atoms with Gasteiger partial charge >= 0.3 is 0 Å². The van der Waals surface area contributed by atoms with E-state index in [4.69, 9.17) is 23.2 Å². The van der Waals surface area contributed by atoms with Crippen LogP contribution in [0, 0.1) is 10.1 Å². The lowest BCUT2D eigenvalue weighted by atomic mass is 10.2. The van der Waals surface area contributed by atoms with E-state index in [1.54, 1.807) is 18.2 Å². The first-order valence-corrected chi connectivity index (χ1v) is 9.60. The van der Waals surface area contributed by atoms with Crippen molar-refractivity contribution in [2.45, 2.75) is 6.54 Å². The van der Waals surface area contributed by atoms with Gasteiger partial charge in [-0.25, -0.2) is 0 Å². The molecule has 1 aliphatic heterocycles. The van der Waals surface area contributed by atoms with Crippen molar-refractivity contribution in [1.29, 1.82) is 0 Å². The van der Waals surface area contributed by atoms with Crippen LogP contribution in [0.5, 0.6) is 0 Å². The van der Waals surface area contributed by atoms with Crippen LogP contribution in [0.15, 0.2) is 42.5 Å². The number of nitrogens with zero attached hydrogens (tertiary/aromatic N) is 3. The van der Waals surface area contributed by atoms with Gasteiger partial charge in [0.05, 0.1) is 21.5 Å². The van der Waals surface area contributed by atoms with Gasteiger partial charge in [0, 0.05) is 38.8 Å². The summed E-state index contributed by atoms with van der Waals surface area (Å²) < 4.78 is 0. The highest BCUT2D eigenvalue weighted by atomic mass is 35.5. The molecule has 1 N–H and O–H groups in total. The SMILES string of the molecule is O=C(CN1CCN(Cc2ccc(Cl)c(Cl)c2)CC1)Nc1ccccc1[N+](=O)[O-]. The lowest BCUT2D eigenvalue weighted by molar-refractivity contribution is -0.383. The topological polar surface area (TPSA) is 78.7 Å². The molecule has 0 atom stereocenters. The van der Waals surface area contributed by atoms with E-state index in [0.717, 1.165) is 38.3 Å². The Morgan fingerprint density at radius 3 is 2.39 bits per heavy atom. The largest absolute Gasteiger partial charge is 0.319 e. The van der Waals surface area contributed by atoms with Gasteiger partial charge in [-0.3, -0.25) is 24.7 Å². The number of rotatable bonds is 6. The molecule has 2 aromatic carbocycles. The Morgan fingerprint density at radius 2 is 1.71 bits per heavy atom. The van der Waals surface area contributed by atoms with Gasteiger partial charge in [-0.2, -0.15) is 0 Å². The Bertz CT molecular complexity index is 870. The van der Waals surface area contributed by atoms with Crippen molar-refractivity contribution in [3.05, 3.63) is 68.2 Å². The molecule has 0 unspecified atom stereocenters. The number of piperazine rings is 1. The fourth-order valence-corrected chi connectivity index (χ4v) is 3.45. The van der Waals surface area contributed by atoms with Gasteiger partial charge in [0.25, 0.3) is 5.69 Å². The van der Waals surface area contributed by atoms with E-state index in [-0.39, 0.29) is 23.8 Å². The summed E-state index contributed by atoms with van der Waals surface area (Å²) in [6.07, 6.45) is 0. The number of nitro benzene ring substituents is 1. The van der Waals surface area contributed by atoms with Crippen molar-refractivity contribution in [1.82, 2.24) is 9.80 Å². The molecule has 1 fully saturated rings. The standard InChI is InChI=1S/C19H20Cl2N4O3/c20-15-6-5-14(11-16(15)21)12-23-7-9-24(10-8-23)13-19(26)22-17-3-1-2-4-18(17)25(27)28/h1-6,11H,7-10,12-13H2,(H,22,26). The predicted octanol–water partition coefficient (Wildman–Crippen LogP) is 3.66. The van der Waals surface area contributed by atoms with E-state index < -0.39 is 4.92 Å². The highest BCUT2D eigenvalue weighted by Gasteiger charge is 2.21. The molecule has 9 heteroatoms. The summed E-state index contributed by atoms with van der Waals surface area (Å²) in [5, 5.41) is 14.8. The van der Waals surface area contributed by atoms with Gasteiger partial charge in [0.2, 0.25) is 5.91 Å². The third-order valence-electron chi connectivity index (χ3n) is 4.60. The molecule has 1 heterocycles. The van der Waals surface area contributed by atoms with Crippen molar-refractivity contribution in [2.75, 3.05) is 38.0 Å². The van der Waals surface area contributed by atoms with Gasteiger partial charge in [-0.05, 0) is 23.8 Å². The van der Waals surface area contributed by atoms with Crippen molar-refractivity contribution in [2.24, 2.45) is 0 Å². The summed E-state index contributed by atoms with van der Waals surface area (Å²) >= 11 is 12.0. The van der Waals surface area contributed by atoms with Crippen LogP contribution in [0.4, 0.5) is 11.4 Å². The Balaban J connectivity index is 1.48. The number of nitro groups is 1. The molecular weight excluding hydrogens is 403 g/mol. The van der Waals surface area contributed by atoms with Gasteiger partial charge in [0.15, 0.2) is 0 Å². The van der Waals surface area contributed by atoms with E-state index in [1.165, 1.54) is 12.1 Å². The first-order valence-electron chi connectivity index (χ1n) is 8.84. The molecule has 0 aliphatic carbocycles. The number of para-hydroxylation sites is 2. The predicted molar refractivity (Wildman–Crippen MR) is 110 cm³/mol. The number of hydrogen-bond acceptors (Lipinski definition) is 5. The minimum Gasteiger partial charge on any atom is -0.319 e. The van der Waals surface area contributed by atoms with Crippen LogP contribution >= 0.6 is 23.2 Å². The molecule has 0 saturated carbocycles. The van der Waals surface area contributed by atoms with E-state index >= 15 is 0 Å². The van der Waals surface area contributed by atoms with E-state index in [1.807, 2.05) is 17.0 Å². The summed E-state index contributed by atoms with van der Waals surface area (Å²) in [5.74, 6) is -0.257. The zero-order chi connectivity index (χ0) is 20.1. The Kier molecular flexibility index (Phi) is 6.85. The number of anilines is 1. The maximum Gasteiger partial charge on any atom is 0.292 e. The fourth-order valence-electron chi connectivity index (χ4n) is 3.13. The van der Waals surface area contributed by atoms with Crippen LogP contribution in [0.25, 0.3) is 0 Å². The fraction of sp³-hybridized carbons (Fsp3) is 0.316. The van der Waals surface area contributed by atoms with Crippen LogP contribution in [-0.4, -0.2) is 53.4 Å². The van der Waals surface area contributed by atoms with Gasteiger partial charge < -0.3 is 5.32 Å². The normalized spacial score (nSPS) is 15.4. The number of halogens is 2. The van der Waals surface area contributed by atoms with Crippen molar-refractivity contribution in [3.8, 4) is 0 Å². The average Bonchev–Trinajstić information content (AvgIpc) is 2.66. The van der Waals surface area contributed by atoms with Crippen molar-refractivity contribution < 1.29 is 9.72 Å². The van der Waals surface area contributed by atoms with Crippen molar-refractivity contribution >= 4 is 40.5 Å². The number of hydrogen-bond donors (Lipinski definition) is 1. The Labute approximate surface area is 173 Å². The second-order valence-electron chi connectivity index (χ2n) is 6.62. The molecule has 1 amide bonds. The molecule has 28 heavy (non-hydrogen) atoms. The molecular formula is C19H20Cl2N4O3. The smallest absolute Gasteiger partial charge is 0.292 e. The highest BCUT2D eigenvalue weighted by Crippen LogP contribution is 2.24. The minimum absolute atomic E-state index is 0.109. The van der Waals surface area contributed by atoms with Gasteiger partial charge in [-0.1, -0.05) is 41.4 Å². The second-order valence-corrected chi connectivity index (χ2v) is 7.44. The number of carbonyl (C=O) groups excluding carboxylic acids is 1. The number of amides is 1. The van der Waals surface area contributed by atoms with Crippen LogP contribution in [0.3, 0.4) is 0 Å². The third kappa shape index (κ3) is 5.42. The van der Waals surface area contributed by atoms with Crippen LogP contribution in [0.2, 0.25) is 10.0 Å². The van der Waals surface area contributed by atoms with E-state index in [2.05, 4.69) is 10.2 Å². The average molecular weight is 423 g/mol. The van der Waals surface area contributed by atoms with Crippen LogP contribution in [0.1, 0.15) is 5.56 Å². The summed E-state index contributed by atoms with van der Waals surface area (Å²) in [4.78, 5) is 27.1. The summed E-state index contributed by atoms with van der Waals surface area (Å²) in [6, 6.07) is 11.8. The zero-order valence-corrected chi connectivity index (χ0v) is 16.6. The Morgan fingerprint density at radius 1 is 1.04 bits per heavy atom. The molecule has 0 radical (unpaired) electrons. The molecule has 148 valence electrons. The van der Waals surface area contributed by atoms with Gasteiger partial charge in [-0.15, -0.1) is 0 Å². The maximum absolute atomic E-state index is 12.3. The molecule has 7 nitrogen and oxygen atoms in total. The quantitative estimate of drug-likeness (QED) is 0.567. The lowest BCUT2D eigenvalue weighted by Crippen LogP contribution is -2.48. The molecule has 0 aromatic heterocycles. The lowest BCUT2D eigenvalue weighted by Gasteiger charge is -2.34. The van der Waals surface area contributed by atoms with Crippen molar-refractivity contribution in [3.63, 3.8) is 0 Å². The number of benzene rings is 2. The maximum atomic E-state index is 12.3. The highest BCUT2D eigenvalue weighted by molar-refractivity contribution is 6.42. The summed E-state index contributed by atoms with van der Waals surface area (Å²) in [6.45, 7) is 4.09. The molecule has 2 aromatic rings. The first kappa shape index (κ1) is 20.5. The molecule has 0 spiro atoms. The van der Waals surface area contributed by atoms with Crippen LogP contribution in [-0.2, 0) is 11.3 Å². The minimum atomic E-state index is -0.503. The monoisotopic (exact) mass is 422 g/mol. The number of carbonyl (C=O) groups is 1. The Hall–Kier alpha value is -2.19. The van der Waals surface area contributed by atoms with E-state index in [9.17, 15) is 14.9 Å². The molecule has 1 saturated heterocycles. The van der Waals surface area contributed by atoms with Crippen LogP contribution < -0.4 is 5.32 Å². The molecule has 3 rings (SSSR count). The molecule has 1 aliphatic rings. The van der Waals surface area contributed by atoms with E-state index in [0.29, 0.717) is 10.0 Å². The number of nitrogens with one attached hydrogen (secondary N) is 1. The third-order valence-corrected chi connectivity index (χ3v) is 5.34.